The molecule has 2 N–H and O–H groups in total. The molecule has 7 heteroatoms. The Balaban J connectivity index is 2.87. The number of halogens is 2. The summed E-state index contributed by atoms with van der Waals surface area (Å²) in [6.45, 7) is 1.88. The molecule has 104 valence electrons. The summed E-state index contributed by atoms with van der Waals surface area (Å²) in [5.41, 5.74) is 1.46. The Morgan fingerprint density at radius 3 is 2.47 bits per heavy atom. The van der Waals surface area contributed by atoms with Crippen LogP contribution in [0, 0.1) is 6.92 Å². The second-order valence-electron chi connectivity index (χ2n) is 3.83. The van der Waals surface area contributed by atoms with E-state index < -0.39 is 21.5 Å². The second kappa shape index (κ2) is 6.91. The third kappa shape index (κ3) is 4.21. The van der Waals surface area contributed by atoms with E-state index in [1.165, 1.54) is 7.11 Å². The van der Waals surface area contributed by atoms with Crippen LogP contribution in [0.3, 0.4) is 0 Å². The first kappa shape index (κ1) is 16.0. The van der Waals surface area contributed by atoms with Gasteiger partial charge >= 0.3 is 5.97 Å². The third-order valence-corrected chi connectivity index (χ3v) is 4.93. The SMILES string of the molecule is COc1ccc(C)cc1NC(=O)[C@@H](Br)[C@H](Br)C(=O)O. The van der Waals surface area contributed by atoms with Crippen molar-refractivity contribution < 1.29 is 19.4 Å². The standard InChI is InChI=1S/C12H13Br2NO4/c1-6-3-4-8(19-2)7(5-6)15-11(16)9(13)10(14)12(17)18/h3-5,9-10H,1-2H3,(H,15,16)(H,17,18)/t9-,10-/m0/s1. The number of hydrogen-bond donors (Lipinski definition) is 2. The molecular weight excluding hydrogens is 382 g/mol. The molecule has 2 atom stereocenters. The molecule has 0 bridgehead atoms. The van der Waals surface area contributed by atoms with E-state index in [9.17, 15) is 9.59 Å². The Kier molecular flexibility index (Phi) is 5.81. The van der Waals surface area contributed by atoms with Crippen LogP contribution in [0.25, 0.3) is 0 Å². The summed E-state index contributed by atoms with van der Waals surface area (Å²) >= 11 is 5.98. The van der Waals surface area contributed by atoms with E-state index in [2.05, 4.69) is 37.2 Å². The quantitative estimate of drug-likeness (QED) is 0.752. The van der Waals surface area contributed by atoms with E-state index in [1.807, 2.05) is 13.0 Å². The van der Waals surface area contributed by atoms with Crippen molar-refractivity contribution in [3.05, 3.63) is 23.8 Å². The fraction of sp³-hybridized carbons (Fsp3) is 0.333. The molecule has 0 aliphatic carbocycles. The summed E-state index contributed by atoms with van der Waals surface area (Å²) in [6, 6.07) is 5.34. The molecule has 1 rings (SSSR count). The van der Waals surface area contributed by atoms with E-state index in [0.717, 1.165) is 5.56 Å². The second-order valence-corrected chi connectivity index (χ2v) is 5.81. The van der Waals surface area contributed by atoms with Crippen LogP contribution < -0.4 is 10.1 Å². The highest BCUT2D eigenvalue weighted by atomic mass is 79.9. The minimum absolute atomic E-state index is 0.465. The molecular formula is C12H13Br2NO4. The number of anilines is 1. The maximum atomic E-state index is 11.9. The summed E-state index contributed by atoms with van der Waals surface area (Å²) < 4.78 is 5.13. The monoisotopic (exact) mass is 393 g/mol. The van der Waals surface area contributed by atoms with Gasteiger partial charge in [-0.1, -0.05) is 37.9 Å². The van der Waals surface area contributed by atoms with Gasteiger partial charge in [0.2, 0.25) is 5.91 Å². The minimum Gasteiger partial charge on any atom is -0.495 e. The largest absolute Gasteiger partial charge is 0.495 e. The highest BCUT2D eigenvalue weighted by Crippen LogP contribution is 2.26. The van der Waals surface area contributed by atoms with Crippen molar-refractivity contribution in [1.29, 1.82) is 0 Å². The molecule has 0 heterocycles. The topological polar surface area (TPSA) is 75.6 Å². The zero-order valence-electron chi connectivity index (χ0n) is 10.3. The number of hydrogen-bond acceptors (Lipinski definition) is 3. The molecule has 0 saturated carbocycles. The van der Waals surface area contributed by atoms with Crippen molar-refractivity contribution in [2.75, 3.05) is 12.4 Å². The number of carbonyl (C=O) groups excluding carboxylic acids is 1. The van der Waals surface area contributed by atoms with Crippen LogP contribution in [0.4, 0.5) is 5.69 Å². The molecule has 0 aliphatic rings. The summed E-state index contributed by atoms with van der Waals surface area (Å²) in [7, 11) is 1.50. The molecule has 0 spiro atoms. The van der Waals surface area contributed by atoms with Gasteiger partial charge in [0.15, 0.2) is 0 Å². The molecule has 19 heavy (non-hydrogen) atoms. The zero-order valence-corrected chi connectivity index (χ0v) is 13.5. The lowest BCUT2D eigenvalue weighted by molar-refractivity contribution is -0.137. The maximum absolute atomic E-state index is 11.9. The van der Waals surface area contributed by atoms with Crippen molar-refractivity contribution in [3.63, 3.8) is 0 Å². The average molecular weight is 395 g/mol. The molecule has 0 aromatic heterocycles. The summed E-state index contributed by atoms with van der Waals surface area (Å²) in [5, 5.41) is 11.5. The molecule has 0 aliphatic heterocycles. The molecule has 0 saturated heterocycles. The molecule has 5 nitrogen and oxygen atoms in total. The number of amides is 1. The fourth-order valence-electron chi connectivity index (χ4n) is 1.38. The van der Waals surface area contributed by atoms with E-state index in [4.69, 9.17) is 9.84 Å². The predicted octanol–water partition coefficient (Wildman–Crippen LogP) is 2.55. The first-order chi connectivity index (χ1) is 8.86. The van der Waals surface area contributed by atoms with Gasteiger partial charge in [-0.25, -0.2) is 0 Å². The molecule has 0 radical (unpaired) electrons. The zero-order chi connectivity index (χ0) is 14.6. The summed E-state index contributed by atoms with van der Waals surface area (Å²) in [4.78, 5) is 20.8. The lowest BCUT2D eigenvalue weighted by Gasteiger charge is -2.15. The van der Waals surface area contributed by atoms with Crippen LogP contribution in [-0.2, 0) is 9.59 Å². The van der Waals surface area contributed by atoms with Gasteiger partial charge in [-0.2, -0.15) is 0 Å². The normalized spacial score (nSPS) is 13.5. The molecule has 0 unspecified atom stereocenters. The van der Waals surface area contributed by atoms with E-state index in [-0.39, 0.29) is 0 Å². The van der Waals surface area contributed by atoms with Gasteiger partial charge in [-0.05, 0) is 24.6 Å². The first-order valence-electron chi connectivity index (χ1n) is 5.33. The highest BCUT2D eigenvalue weighted by Gasteiger charge is 2.29. The molecule has 1 amide bonds. The van der Waals surface area contributed by atoms with Gasteiger partial charge in [-0.15, -0.1) is 0 Å². The predicted molar refractivity (Wildman–Crippen MR) is 79.4 cm³/mol. The van der Waals surface area contributed by atoms with Crippen LogP contribution in [-0.4, -0.2) is 33.7 Å². The summed E-state index contributed by atoms with van der Waals surface area (Å²) in [5.74, 6) is -1.07. The van der Waals surface area contributed by atoms with E-state index in [1.54, 1.807) is 12.1 Å². The van der Waals surface area contributed by atoms with E-state index >= 15 is 0 Å². The van der Waals surface area contributed by atoms with Crippen molar-refractivity contribution in [3.8, 4) is 5.75 Å². The Bertz CT molecular complexity index is 493. The van der Waals surface area contributed by atoms with Gasteiger partial charge in [-0.3, -0.25) is 9.59 Å². The van der Waals surface area contributed by atoms with Crippen LogP contribution in [0.5, 0.6) is 5.75 Å². The number of alkyl halides is 2. The number of ether oxygens (including phenoxy) is 1. The summed E-state index contributed by atoms with van der Waals surface area (Å²) in [6.07, 6.45) is 0. The first-order valence-corrected chi connectivity index (χ1v) is 7.16. The fourth-order valence-corrected chi connectivity index (χ4v) is 1.96. The highest BCUT2D eigenvalue weighted by molar-refractivity contribution is 9.12. The van der Waals surface area contributed by atoms with Crippen LogP contribution >= 0.6 is 31.9 Å². The Morgan fingerprint density at radius 2 is 1.95 bits per heavy atom. The third-order valence-electron chi connectivity index (χ3n) is 2.36. The van der Waals surface area contributed by atoms with E-state index in [0.29, 0.717) is 11.4 Å². The number of benzene rings is 1. The number of aliphatic carboxylic acids is 1. The maximum Gasteiger partial charge on any atom is 0.318 e. The van der Waals surface area contributed by atoms with Crippen LogP contribution in [0.2, 0.25) is 0 Å². The van der Waals surface area contributed by atoms with Gasteiger partial charge in [0, 0.05) is 0 Å². The number of carboxylic acids is 1. The van der Waals surface area contributed by atoms with Crippen molar-refractivity contribution in [1.82, 2.24) is 0 Å². The number of aryl methyl sites for hydroxylation is 1. The van der Waals surface area contributed by atoms with Gasteiger partial charge in [0.1, 0.15) is 15.4 Å². The molecule has 0 fully saturated rings. The number of rotatable bonds is 5. The lowest BCUT2D eigenvalue weighted by Crippen LogP contribution is -2.34. The van der Waals surface area contributed by atoms with Gasteiger partial charge in [0.25, 0.3) is 0 Å². The number of methoxy groups -OCH3 is 1. The number of carbonyl (C=O) groups is 2. The number of carboxylic acid groups (broad SMARTS) is 1. The van der Waals surface area contributed by atoms with Gasteiger partial charge in [0.05, 0.1) is 12.8 Å². The average Bonchev–Trinajstić information content (AvgIpc) is 2.37. The number of nitrogens with one attached hydrogen (secondary N) is 1. The molecule has 1 aromatic rings. The Morgan fingerprint density at radius 1 is 1.32 bits per heavy atom. The Labute approximate surface area is 127 Å². The van der Waals surface area contributed by atoms with Crippen molar-refractivity contribution in [2.45, 2.75) is 16.6 Å². The van der Waals surface area contributed by atoms with Crippen LogP contribution in [0.1, 0.15) is 5.56 Å². The van der Waals surface area contributed by atoms with Crippen LogP contribution in [0.15, 0.2) is 18.2 Å². The molecule has 1 aromatic carbocycles. The van der Waals surface area contributed by atoms with Gasteiger partial charge < -0.3 is 15.2 Å². The van der Waals surface area contributed by atoms with Crippen molar-refractivity contribution in [2.24, 2.45) is 0 Å². The Hall–Kier alpha value is -1.08. The minimum atomic E-state index is -1.12. The smallest absolute Gasteiger partial charge is 0.318 e. The lowest BCUT2D eigenvalue weighted by atomic mass is 10.2. The van der Waals surface area contributed by atoms with Crippen molar-refractivity contribution >= 4 is 49.4 Å².